The average molecular weight is 301 g/mol. The maximum Gasteiger partial charge on any atom is 0.416 e. The Morgan fingerprint density at radius 1 is 1.33 bits per heavy atom. The Morgan fingerprint density at radius 3 is 2.62 bits per heavy atom. The third-order valence-electron chi connectivity index (χ3n) is 4.23. The molecular formula is C16H22F3NO. The molecule has 1 aromatic rings. The van der Waals surface area contributed by atoms with Gasteiger partial charge in [-0.3, -0.25) is 0 Å². The first-order valence-corrected chi connectivity index (χ1v) is 7.25. The van der Waals surface area contributed by atoms with Crippen molar-refractivity contribution in [1.82, 2.24) is 5.32 Å². The summed E-state index contributed by atoms with van der Waals surface area (Å²) in [5.41, 5.74) is 0.0604. The lowest BCUT2D eigenvalue weighted by atomic mass is 9.59. The summed E-state index contributed by atoms with van der Waals surface area (Å²) >= 11 is 0. The van der Waals surface area contributed by atoms with Gasteiger partial charge in [0.1, 0.15) is 0 Å². The van der Waals surface area contributed by atoms with E-state index in [2.05, 4.69) is 12.2 Å². The second kappa shape index (κ2) is 6.36. The van der Waals surface area contributed by atoms with Gasteiger partial charge in [-0.05, 0) is 30.4 Å². The molecule has 0 atom stereocenters. The van der Waals surface area contributed by atoms with Crippen LogP contribution in [0.15, 0.2) is 24.3 Å². The highest BCUT2D eigenvalue weighted by Gasteiger charge is 2.44. The summed E-state index contributed by atoms with van der Waals surface area (Å²) in [6, 6.07) is 5.78. The van der Waals surface area contributed by atoms with Gasteiger partial charge in [-0.25, -0.2) is 0 Å². The fourth-order valence-electron chi connectivity index (χ4n) is 3.28. The second-order valence-corrected chi connectivity index (χ2v) is 6.04. The fraction of sp³-hybridized carbons (Fsp3) is 0.625. The van der Waals surface area contributed by atoms with Crippen LogP contribution >= 0.6 is 0 Å². The van der Waals surface area contributed by atoms with Crippen LogP contribution in [0.4, 0.5) is 13.2 Å². The molecule has 0 unspecified atom stereocenters. The molecule has 118 valence electrons. The highest BCUT2D eigenvalue weighted by atomic mass is 19.4. The number of hydrogen-bond donors (Lipinski definition) is 1. The van der Waals surface area contributed by atoms with Gasteiger partial charge in [0.2, 0.25) is 0 Å². The van der Waals surface area contributed by atoms with E-state index >= 15 is 0 Å². The SMILES string of the molecule is COCCNCC1(c2cccc(C(F)(F)F)c2)CC(C)C1. The van der Waals surface area contributed by atoms with Crippen molar-refractivity contribution >= 4 is 0 Å². The van der Waals surface area contributed by atoms with E-state index in [9.17, 15) is 13.2 Å². The van der Waals surface area contributed by atoms with E-state index in [4.69, 9.17) is 4.74 Å². The third kappa shape index (κ3) is 3.77. The predicted octanol–water partition coefficient (Wildman–Crippen LogP) is 3.61. The summed E-state index contributed by atoms with van der Waals surface area (Å²) < 4.78 is 43.6. The van der Waals surface area contributed by atoms with Crippen LogP contribution in [0.25, 0.3) is 0 Å². The molecule has 2 nitrogen and oxygen atoms in total. The fourth-order valence-corrected chi connectivity index (χ4v) is 3.28. The Labute approximate surface area is 123 Å². The van der Waals surface area contributed by atoms with Crippen molar-refractivity contribution in [3.63, 3.8) is 0 Å². The molecule has 1 N–H and O–H groups in total. The molecule has 0 aliphatic heterocycles. The largest absolute Gasteiger partial charge is 0.416 e. The van der Waals surface area contributed by atoms with E-state index in [-0.39, 0.29) is 5.41 Å². The Balaban J connectivity index is 2.15. The number of benzene rings is 1. The Morgan fingerprint density at radius 2 is 2.05 bits per heavy atom. The van der Waals surface area contributed by atoms with E-state index in [1.165, 1.54) is 12.1 Å². The van der Waals surface area contributed by atoms with Crippen LogP contribution in [0.3, 0.4) is 0 Å². The molecule has 0 spiro atoms. The number of methoxy groups -OCH3 is 1. The van der Waals surface area contributed by atoms with Crippen molar-refractivity contribution in [3.05, 3.63) is 35.4 Å². The van der Waals surface area contributed by atoms with Gasteiger partial charge < -0.3 is 10.1 Å². The normalized spacial score (nSPS) is 25.7. The monoisotopic (exact) mass is 301 g/mol. The zero-order valence-electron chi connectivity index (χ0n) is 12.5. The lowest BCUT2D eigenvalue weighted by molar-refractivity contribution is -0.137. The number of halogens is 3. The van der Waals surface area contributed by atoms with Crippen LogP contribution in [0.2, 0.25) is 0 Å². The third-order valence-corrected chi connectivity index (χ3v) is 4.23. The number of nitrogens with one attached hydrogen (secondary N) is 1. The highest BCUT2D eigenvalue weighted by Crippen LogP contribution is 2.48. The Bertz CT molecular complexity index is 467. The minimum absolute atomic E-state index is 0.172. The molecule has 1 fully saturated rings. The molecule has 2 rings (SSSR count). The quantitative estimate of drug-likeness (QED) is 0.811. The van der Waals surface area contributed by atoms with Crippen LogP contribution in [-0.2, 0) is 16.3 Å². The van der Waals surface area contributed by atoms with Crippen LogP contribution in [0, 0.1) is 5.92 Å². The van der Waals surface area contributed by atoms with Crippen LogP contribution in [0.1, 0.15) is 30.9 Å². The maximum absolute atomic E-state index is 12.9. The number of ether oxygens (including phenoxy) is 1. The lowest BCUT2D eigenvalue weighted by Crippen LogP contribution is -2.48. The molecule has 0 heterocycles. The maximum atomic E-state index is 12.9. The van der Waals surface area contributed by atoms with Crippen LogP contribution in [-0.4, -0.2) is 26.8 Å². The Kier molecular flexibility index (Phi) is 4.94. The summed E-state index contributed by atoms with van der Waals surface area (Å²) in [6.45, 7) is 4.16. The van der Waals surface area contributed by atoms with Crippen molar-refractivity contribution in [2.24, 2.45) is 5.92 Å². The molecule has 1 aromatic carbocycles. The summed E-state index contributed by atoms with van der Waals surface area (Å²) in [5.74, 6) is 0.559. The molecule has 21 heavy (non-hydrogen) atoms. The number of hydrogen-bond acceptors (Lipinski definition) is 2. The van der Waals surface area contributed by atoms with Crippen molar-refractivity contribution in [2.45, 2.75) is 31.4 Å². The minimum atomic E-state index is -4.28. The van der Waals surface area contributed by atoms with Gasteiger partial charge in [0, 0.05) is 25.6 Å². The standard InChI is InChI=1S/C16H22F3NO/c1-12-9-15(10-12,11-20-6-7-21-2)13-4-3-5-14(8-13)16(17,18)19/h3-5,8,12,20H,6-7,9-11H2,1-2H3. The minimum Gasteiger partial charge on any atom is -0.383 e. The summed E-state index contributed by atoms with van der Waals surface area (Å²) in [6.07, 6.45) is -2.43. The van der Waals surface area contributed by atoms with E-state index < -0.39 is 11.7 Å². The van der Waals surface area contributed by atoms with Crippen molar-refractivity contribution < 1.29 is 17.9 Å². The molecule has 0 amide bonds. The molecule has 0 bridgehead atoms. The van der Waals surface area contributed by atoms with Crippen LogP contribution < -0.4 is 5.32 Å². The number of alkyl halides is 3. The van der Waals surface area contributed by atoms with Gasteiger partial charge in [0.05, 0.1) is 12.2 Å². The average Bonchev–Trinajstić information content (AvgIpc) is 2.40. The topological polar surface area (TPSA) is 21.3 Å². The van der Waals surface area contributed by atoms with Gasteiger partial charge in [-0.2, -0.15) is 13.2 Å². The zero-order valence-corrected chi connectivity index (χ0v) is 12.5. The zero-order chi connectivity index (χ0) is 15.5. The van der Waals surface area contributed by atoms with Gasteiger partial charge in [0.15, 0.2) is 0 Å². The van der Waals surface area contributed by atoms with E-state index in [0.717, 1.165) is 24.5 Å². The van der Waals surface area contributed by atoms with Crippen molar-refractivity contribution in [1.29, 1.82) is 0 Å². The molecule has 5 heteroatoms. The summed E-state index contributed by atoms with van der Waals surface area (Å²) in [5, 5.41) is 3.30. The summed E-state index contributed by atoms with van der Waals surface area (Å²) in [4.78, 5) is 0. The van der Waals surface area contributed by atoms with E-state index in [1.54, 1.807) is 7.11 Å². The second-order valence-electron chi connectivity index (χ2n) is 6.04. The first-order chi connectivity index (χ1) is 9.87. The first-order valence-electron chi connectivity index (χ1n) is 7.25. The summed E-state index contributed by atoms with van der Waals surface area (Å²) in [7, 11) is 1.63. The van der Waals surface area contributed by atoms with E-state index in [1.807, 2.05) is 6.07 Å². The molecule has 1 aliphatic carbocycles. The van der Waals surface area contributed by atoms with Gasteiger partial charge >= 0.3 is 6.18 Å². The van der Waals surface area contributed by atoms with Gasteiger partial charge in [0.25, 0.3) is 0 Å². The van der Waals surface area contributed by atoms with E-state index in [0.29, 0.717) is 25.6 Å². The van der Waals surface area contributed by atoms with Gasteiger partial charge in [-0.1, -0.05) is 25.1 Å². The molecule has 1 aliphatic rings. The molecule has 0 radical (unpaired) electrons. The molecular weight excluding hydrogens is 279 g/mol. The smallest absolute Gasteiger partial charge is 0.383 e. The predicted molar refractivity (Wildman–Crippen MR) is 76.3 cm³/mol. The number of rotatable bonds is 6. The van der Waals surface area contributed by atoms with Crippen molar-refractivity contribution in [3.8, 4) is 0 Å². The molecule has 0 saturated heterocycles. The van der Waals surface area contributed by atoms with Gasteiger partial charge in [-0.15, -0.1) is 0 Å². The highest BCUT2D eigenvalue weighted by molar-refractivity contribution is 5.34. The Hall–Kier alpha value is -1.07. The molecule has 1 saturated carbocycles. The molecule has 0 aromatic heterocycles. The first kappa shape index (κ1) is 16.3. The van der Waals surface area contributed by atoms with Crippen LogP contribution in [0.5, 0.6) is 0 Å². The lowest BCUT2D eigenvalue weighted by Gasteiger charge is -2.47. The van der Waals surface area contributed by atoms with Crippen molar-refractivity contribution in [2.75, 3.05) is 26.8 Å².